The van der Waals surface area contributed by atoms with Crippen LogP contribution in [0.5, 0.6) is 11.5 Å². The predicted molar refractivity (Wildman–Crippen MR) is 111 cm³/mol. The molecule has 1 atom stereocenters. The van der Waals surface area contributed by atoms with Gasteiger partial charge in [-0.1, -0.05) is 6.07 Å². The van der Waals surface area contributed by atoms with E-state index in [0.717, 1.165) is 5.56 Å². The monoisotopic (exact) mass is 436 g/mol. The highest BCUT2D eigenvalue weighted by atomic mass is 32.2. The molecule has 1 aliphatic heterocycles. The van der Waals surface area contributed by atoms with Crippen molar-refractivity contribution in [3.63, 3.8) is 0 Å². The minimum absolute atomic E-state index is 0.0525. The maximum absolute atomic E-state index is 13.5. The Morgan fingerprint density at radius 3 is 2.57 bits per heavy atom. The zero-order valence-corrected chi connectivity index (χ0v) is 18.0. The van der Waals surface area contributed by atoms with Gasteiger partial charge >= 0.3 is 0 Å². The molecule has 1 N–H and O–H groups in total. The number of anilines is 1. The molecule has 3 rings (SSSR count). The Kier molecular flexibility index (Phi) is 6.62. The van der Waals surface area contributed by atoms with Gasteiger partial charge in [-0.15, -0.1) is 0 Å². The van der Waals surface area contributed by atoms with Gasteiger partial charge in [0.15, 0.2) is 11.5 Å². The average molecular weight is 437 g/mol. The van der Waals surface area contributed by atoms with Crippen LogP contribution < -0.4 is 14.8 Å². The van der Waals surface area contributed by atoms with E-state index in [1.807, 2.05) is 0 Å². The van der Waals surface area contributed by atoms with E-state index in [4.69, 9.17) is 9.47 Å². The summed E-state index contributed by atoms with van der Waals surface area (Å²) in [5.74, 6) is -0.561. The Labute approximate surface area is 175 Å². The van der Waals surface area contributed by atoms with Crippen molar-refractivity contribution in [2.75, 3.05) is 32.6 Å². The standard InChI is InChI=1S/C21H25FN2O5S/c1-14-6-7-16(22)11-18(14)23-21(25)15-5-4-10-24(13-15)30(26,27)17-8-9-19(28-2)20(12-17)29-3/h6-9,11-12,15H,4-5,10,13H2,1-3H3,(H,23,25). The van der Waals surface area contributed by atoms with Crippen LogP contribution in [0, 0.1) is 18.7 Å². The molecule has 1 heterocycles. The van der Waals surface area contributed by atoms with Gasteiger partial charge in [-0.3, -0.25) is 4.79 Å². The number of amides is 1. The lowest BCUT2D eigenvalue weighted by Gasteiger charge is -2.31. The molecule has 2 aromatic rings. The summed E-state index contributed by atoms with van der Waals surface area (Å²) in [7, 11) is -0.909. The van der Waals surface area contributed by atoms with E-state index in [-0.39, 0.29) is 17.3 Å². The molecule has 1 saturated heterocycles. The maximum Gasteiger partial charge on any atom is 0.243 e. The molecule has 9 heteroatoms. The van der Waals surface area contributed by atoms with Crippen molar-refractivity contribution in [3.8, 4) is 11.5 Å². The first-order chi connectivity index (χ1) is 14.3. The summed E-state index contributed by atoms with van der Waals surface area (Å²) < 4.78 is 51.4. The number of nitrogens with one attached hydrogen (secondary N) is 1. The van der Waals surface area contributed by atoms with E-state index >= 15 is 0 Å². The molecule has 0 radical (unpaired) electrons. The van der Waals surface area contributed by atoms with E-state index in [1.165, 1.54) is 48.9 Å². The summed E-state index contributed by atoms with van der Waals surface area (Å²) in [4.78, 5) is 12.8. The van der Waals surface area contributed by atoms with Gasteiger partial charge in [-0.05, 0) is 49.6 Å². The SMILES string of the molecule is COc1ccc(S(=O)(=O)N2CCCC(C(=O)Nc3cc(F)ccc3C)C2)cc1OC. The first kappa shape index (κ1) is 22.0. The topological polar surface area (TPSA) is 84.9 Å². The van der Waals surface area contributed by atoms with E-state index in [9.17, 15) is 17.6 Å². The van der Waals surface area contributed by atoms with Crippen molar-refractivity contribution < 1.29 is 27.1 Å². The molecule has 30 heavy (non-hydrogen) atoms. The third kappa shape index (κ3) is 4.57. The Hall–Kier alpha value is -2.65. The van der Waals surface area contributed by atoms with Gasteiger partial charge in [0.05, 0.1) is 25.0 Å². The summed E-state index contributed by atoms with van der Waals surface area (Å²) in [6.45, 7) is 2.14. The van der Waals surface area contributed by atoms with E-state index in [1.54, 1.807) is 13.0 Å². The van der Waals surface area contributed by atoms with Crippen molar-refractivity contribution >= 4 is 21.6 Å². The van der Waals surface area contributed by atoms with Gasteiger partial charge in [0.1, 0.15) is 5.82 Å². The summed E-state index contributed by atoms with van der Waals surface area (Å²) in [6, 6.07) is 8.56. The number of ether oxygens (including phenoxy) is 2. The molecule has 1 amide bonds. The molecular formula is C21H25FN2O5S. The van der Waals surface area contributed by atoms with Gasteiger partial charge in [0.2, 0.25) is 15.9 Å². The molecule has 1 unspecified atom stereocenters. The Morgan fingerprint density at radius 1 is 1.13 bits per heavy atom. The normalized spacial score (nSPS) is 17.4. The Balaban J connectivity index is 1.78. The quantitative estimate of drug-likeness (QED) is 0.752. The van der Waals surface area contributed by atoms with Gasteiger partial charge in [0, 0.05) is 24.8 Å². The lowest BCUT2D eigenvalue weighted by molar-refractivity contribution is -0.120. The zero-order valence-electron chi connectivity index (χ0n) is 17.1. The third-order valence-electron chi connectivity index (χ3n) is 5.21. The first-order valence-electron chi connectivity index (χ1n) is 9.55. The van der Waals surface area contributed by atoms with E-state index in [2.05, 4.69) is 5.32 Å². The maximum atomic E-state index is 13.5. The van der Waals surface area contributed by atoms with E-state index < -0.39 is 21.8 Å². The molecule has 0 spiro atoms. The van der Waals surface area contributed by atoms with Crippen LogP contribution in [0.25, 0.3) is 0 Å². The lowest BCUT2D eigenvalue weighted by atomic mass is 9.98. The molecule has 0 bridgehead atoms. The summed E-state index contributed by atoms with van der Waals surface area (Å²) >= 11 is 0. The number of halogens is 1. The number of aryl methyl sites for hydroxylation is 1. The fourth-order valence-electron chi connectivity index (χ4n) is 3.46. The van der Waals surface area contributed by atoms with Crippen LogP contribution in [0.1, 0.15) is 18.4 Å². The summed E-state index contributed by atoms with van der Waals surface area (Å²) in [5.41, 5.74) is 1.12. The number of hydrogen-bond donors (Lipinski definition) is 1. The molecule has 1 aliphatic rings. The fraction of sp³-hybridized carbons (Fsp3) is 0.381. The van der Waals surface area contributed by atoms with Gasteiger partial charge in [-0.2, -0.15) is 4.31 Å². The number of methoxy groups -OCH3 is 2. The van der Waals surface area contributed by atoms with Crippen molar-refractivity contribution in [2.24, 2.45) is 5.92 Å². The Morgan fingerprint density at radius 2 is 1.87 bits per heavy atom. The number of rotatable bonds is 6. The van der Waals surface area contributed by atoms with Crippen LogP contribution in [0.4, 0.5) is 10.1 Å². The third-order valence-corrected chi connectivity index (χ3v) is 7.07. The van der Waals surface area contributed by atoms with Crippen molar-refractivity contribution in [1.29, 1.82) is 0 Å². The predicted octanol–water partition coefficient (Wildman–Crippen LogP) is 3.19. The molecule has 0 aliphatic carbocycles. The average Bonchev–Trinajstić information content (AvgIpc) is 2.75. The highest BCUT2D eigenvalue weighted by molar-refractivity contribution is 7.89. The molecule has 0 saturated carbocycles. The highest BCUT2D eigenvalue weighted by Crippen LogP contribution is 2.32. The highest BCUT2D eigenvalue weighted by Gasteiger charge is 2.34. The lowest BCUT2D eigenvalue weighted by Crippen LogP contribution is -2.43. The first-order valence-corrected chi connectivity index (χ1v) is 11.0. The number of carbonyl (C=O) groups is 1. The van der Waals surface area contributed by atoms with Crippen molar-refractivity contribution in [1.82, 2.24) is 4.31 Å². The smallest absolute Gasteiger partial charge is 0.243 e. The number of nitrogens with zero attached hydrogens (tertiary/aromatic N) is 1. The summed E-state index contributed by atoms with van der Waals surface area (Å²) in [5, 5.41) is 2.73. The second-order valence-electron chi connectivity index (χ2n) is 7.17. The van der Waals surface area contributed by atoms with Crippen LogP contribution in [-0.2, 0) is 14.8 Å². The number of benzene rings is 2. The fourth-order valence-corrected chi connectivity index (χ4v) is 5.00. The van der Waals surface area contributed by atoms with Gasteiger partial charge < -0.3 is 14.8 Å². The molecule has 1 fully saturated rings. The van der Waals surface area contributed by atoms with Crippen LogP contribution >= 0.6 is 0 Å². The number of hydrogen-bond acceptors (Lipinski definition) is 5. The molecular weight excluding hydrogens is 411 g/mol. The minimum Gasteiger partial charge on any atom is -0.493 e. The molecule has 0 aromatic heterocycles. The van der Waals surface area contributed by atoms with Crippen molar-refractivity contribution in [3.05, 3.63) is 47.8 Å². The Bertz CT molecular complexity index is 1040. The zero-order chi connectivity index (χ0) is 21.9. The van der Waals surface area contributed by atoms with Crippen LogP contribution in [0.15, 0.2) is 41.3 Å². The minimum atomic E-state index is -3.82. The molecule has 2 aromatic carbocycles. The van der Waals surface area contributed by atoms with Crippen LogP contribution in [-0.4, -0.2) is 45.9 Å². The van der Waals surface area contributed by atoms with Crippen LogP contribution in [0.2, 0.25) is 0 Å². The second kappa shape index (κ2) is 9.01. The molecule has 162 valence electrons. The number of sulfonamides is 1. The summed E-state index contributed by atoms with van der Waals surface area (Å²) in [6.07, 6.45) is 1.10. The van der Waals surface area contributed by atoms with Crippen LogP contribution in [0.3, 0.4) is 0 Å². The van der Waals surface area contributed by atoms with Gasteiger partial charge in [0.25, 0.3) is 0 Å². The number of carbonyl (C=O) groups excluding carboxylic acids is 1. The van der Waals surface area contributed by atoms with Gasteiger partial charge in [-0.25, -0.2) is 12.8 Å². The van der Waals surface area contributed by atoms with Crippen molar-refractivity contribution in [2.45, 2.75) is 24.7 Å². The number of piperidine rings is 1. The molecule has 7 nitrogen and oxygen atoms in total. The van der Waals surface area contributed by atoms with E-state index in [0.29, 0.717) is 36.6 Å². The second-order valence-corrected chi connectivity index (χ2v) is 9.11. The largest absolute Gasteiger partial charge is 0.493 e.